The van der Waals surface area contributed by atoms with Crippen LogP contribution in [0.1, 0.15) is 17.7 Å². The van der Waals surface area contributed by atoms with Crippen LogP contribution in [0.3, 0.4) is 0 Å². The predicted octanol–water partition coefficient (Wildman–Crippen LogP) is 4.04. The van der Waals surface area contributed by atoms with Crippen molar-refractivity contribution < 1.29 is 4.74 Å². The number of ether oxygens (including phenoxy) is 1. The molecule has 5 heteroatoms. The molecular weight excluding hydrogens is 318 g/mol. The fourth-order valence-corrected chi connectivity index (χ4v) is 2.37. The summed E-state index contributed by atoms with van der Waals surface area (Å²) < 4.78 is 8.32. The number of anilines is 2. The first kappa shape index (κ1) is 15.1. The van der Waals surface area contributed by atoms with E-state index in [4.69, 9.17) is 4.74 Å². The van der Waals surface area contributed by atoms with Crippen LogP contribution >= 0.6 is 15.9 Å². The summed E-state index contributed by atoms with van der Waals surface area (Å²) in [6.45, 7) is 5.73. The molecule has 0 atom stereocenters. The van der Waals surface area contributed by atoms with E-state index in [1.54, 1.807) is 7.11 Å². The lowest BCUT2D eigenvalue weighted by molar-refractivity contribution is 0.190. The number of methoxy groups -OCH3 is 1. The van der Waals surface area contributed by atoms with Gasteiger partial charge in [0.15, 0.2) is 0 Å². The smallest absolute Gasteiger partial charge is 0.207 e. The molecule has 0 aliphatic heterocycles. The molecule has 0 radical (unpaired) electrons. The van der Waals surface area contributed by atoms with Crippen molar-refractivity contribution in [3.05, 3.63) is 40.1 Å². The number of hydrogen-bond acceptors (Lipinski definition) is 3. The highest BCUT2D eigenvalue weighted by Gasteiger charge is 2.06. The van der Waals surface area contributed by atoms with Crippen LogP contribution in [0, 0.1) is 13.8 Å². The molecule has 0 aliphatic carbocycles. The van der Waals surface area contributed by atoms with Gasteiger partial charge in [-0.25, -0.2) is 4.98 Å². The molecule has 2 rings (SSSR count). The Morgan fingerprint density at radius 3 is 2.85 bits per heavy atom. The number of nitrogens with one attached hydrogen (secondary N) is 1. The van der Waals surface area contributed by atoms with Crippen LogP contribution in [-0.2, 0) is 11.3 Å². The number of halogens is 1. The molecular formula is C15H20BrN3O. The lowest BCUT2D eigenvalue weighted by atomic mass is 10.2. The highest BCUT2D eigenvalue weighted by Crippen LogP contribution is 2.23. The molecule has 1 N–H and O–H groups in total. The summed E-state index contributed by atoms with van der Waals surface area (Å²) in [4.78, 5) is 4.53. The summed E-state index contributed by atoms with van der Waals surface area (Å²) in [5.74, 6) is 0.870. The van der Waals surface area contributed by atoms with Gasteiger partial charge in [0.1, 0.15) is 0 Å². The summed E-state index contributed by atoms with van der Waals surface area (Å²) >= 11 is 3.55. The van der Waals surface area contributed by atoms with Gasteiger partial charge in [0.05, 0.1) is 5.69 Å². The predicted molar refractivity (Wildman–Crippen MR) is 85.6 cm³/mol. The highest BCUT2D eigenvalue weighted by molar-refractivity contribution is 9.10. The van der Waals surface area contributed by atoms with Crippen molar-refractivity contribution >= 4 is 27.6 Å². The summed E-state index contributed by atoms with van der Waals surface area (Å²) in [6, 6.07) is 6.21. The Balaban J connectivity index is 2.13. The Labute approximate surface area is 128 Å². The minimum absolute atomic E-state index is 0.757. The van der Waals surface area contributed by atoms with Gasteiger partial charge in [0.2, 0.25) is 5.95 Å². The maximum absolute atomic E-state index is 5.10. The minimum Gasteiger partial charge on any atom is -0.385 e. The molecule has 1 heterocycles. The van der Waals surface area contributed by atoms with Gasteiger partial charge >= 0.3 is 0 Å². The third kappa shape index (κ3) is 3.84. The molecule has 0 aliphatic rings. The van der Waals surface area contributed by atoms with Crippen molar-refractivity contribution in [2.24, 2.45) is 0 Å². The zero-order valence-corrected chi connectivity index (χ0v) is 13.7. The molecule has 0 bridgehead atoms. The van der Waals surface area contributed by atoms with Crippen molar-refractivity contribution in [3.63, 3.8) is 0 Å². The van der Waals surface area contributed by atoms with E-state index in [1.807, 2.05) is 6.92 Å². The molecule has 0 saturated heterocycles. The van der Waals surface area contributed by atoms with Crippen LogP contribution in [0.5, 0.6) is 0 Å². The molecule has 0 fully saturated rings. The molecule has 0 spiro atoms. The molecule has 2 aromatic rings. The Morgan fingerprint density at radius 1 is 1.35 bits per heavy atom. The van der Waals surface area contributed by atoms with E-state index in [9.17, 15) is 0 Å². The SMILES string of the molecule is COCCCn1cc(C)nc1Nc1ccc(C)c(Br)c1. The van der Waals surface area contributed by atoms with Crippen molar-refractivity contribution in [2.45, 2.75) is 26.8 Å². The molecule has 108 valence electrons. The van der Waals surface area contributed by atoms with Crippen LogP contribution < -0.4 is 5.32 Å². The van der Waals surface area contributed by atoms with Crippen molar-refractivity contribution in [3.8, 4) is 0 Å². The van der Waals surface area contributed by atoms with E-state index in [-0.39, 0.29) is 0 Å². The number of imidazole rings is 1. The average molecular weight is 338 g/mol. The second-order valence-corrected chi connectivity index (χ2v) is 5.69. The second kappa shape index (κ2) is 6.90. The monoisotopic (exact) mass is 337 g/mol. The number of hydrogen-bond donors (Lipinski definition) is 1. The molecule has 0 unspecified atom stereocenters. The maximum Gasteiger partial charge on any atom is 0.207 e. The second-order valence-electron chi connectivity index (χ2n) is 4.83. The lowest BCUT2D eigenvalue weighted by Crippen LogP contribution is -2.05. The van der Waals surface area contributed by atoms with Gasteiger partial charge in [-0.3, -0.25) is 0 Å². The third-order valence-corrected chi connectivity index (χ3v) is 3.93. The van der Waals surface area contributed by atoms with E-state index in [0.717, 1.165) is 41.4 Å². The van der Waals surface area contributed by atoms with Crippen LogP contribution in [0.2, 0.25) is 0 Å². The van der Waals surface area contributed by atoms with E-state index in [2.05, 4.69) is 62.1 Å². The maximum atomic E-state index is 5.10. The summed E-state index contributed by atoms with van der Waals surface area (Å²) in [5, 5.41) is 3.37. The van der Waals surface area contributed by atoms with E-state index >= 15 is 0 Å². The Hall–Kier alpha value is -1.33. The van der Waals surface area contributed by atoms with Gasteiger partial charge in [-0.2, -0.15) is 0 Å². The molecule has 20 heavy (non-hydrogen) atoms. The largest absolute Gasteiger partial charge is 0.385 e. The van der Waals surface area contributed by atoms with Crippen LogP contribution in [0.25, 0.3) is 0 Å². The van der Waals surface area contributed by atoms with E-state index in [1.165, 1.54) is 5.56 Å². The minimum atomic E-state index is 0.757. The first-order valence-corrected chi connectivity index (χ1v) is 7.45. The molecule has 1 aromatic carbocycles. The highest BCUT2D eigenvalue weighted by atomic mass is 79.9. The Bertz CT molecular complexity index is 580. The number of aromatic nitrogens is 2. The summed E-state index contributed by atoms with van der Waals surface area (Å²) in [7, 11) is 1.72. The fourth-order valence-electron chi connectivity index (χ4n) is 2.00. The molecule has 0 amide bonds. The number of benzene rings is 1. The number of aryl methyl sites for hydroxylation is 3. The average Bonchev–Trinajstić information content (AvgIpc) is 2.74. The van der Waals surface area contributed by atoms with Crippen molar-refractivity contribution in [1.29, 1.82) is 0 Å². The Morgan fingerprint density at radius 2 is 2.15 bits per heavy atom. The van der Waals surface area contributed by atoms with Gasteiger partial charge < -0.3 is 14.6 Å². The van der Waals surface area contributed by atoms with E-state index < -0.39 is 0 Å². The number of rotatable bonds is 6. The van der Waals surface area contributed by atoms with Crippen LogP contribution in [0.4, 0.5) is 11.6 Å². The summed E-state index contributed by atoms with van der Waals surface area (Å²) in [5.41, 5.74) is 3.26. The summed E-state index contributed by atoms with van der Waals surface area (Å²) in [6.07, 6.45) is 3.03. The van der Waals surface area contributed by atoms with Gasteiger partial charge in [-0.1, -0.05) is 22.0 Å². The topological polar surface area (TPSA) is 39.1 Å². The normalized spacial score (nSPS) is 10.8. The zero-order chi connectivity index (χ0) is 14.5. The zero-order valence-electron chi connectivity index (χ0n) is 12.1. The Kier molecular flexibility index (Phi) is 5.20. The number of nitrogens with zero attached hydrogens (tertiary/aromatic N) is 2. The van der Waals surface area contributed by atoms with Gasteiger partial charge in [-0.15, -0.1) is 0 Å². The molecule has 4 nitrogen and oxygen atoms in total. The van der Waals surface area contributed by atoms with Crippen molar-refractivity contribution in [1.82, 2.24) is 9.55 Å². The first-order valence-electron chi connectivity index (χ1n) is 6.66. The molecule has 1 aromatic heterocycles. The first-order chi connectivity index (χ1) is 9.60. The van der Waals surface area contributed by atoms with Gasteiger partial charge in [-0.05, 0) is 38.0 Å². The van der Waals surface area contributed by atoms with Crippen LogP contribution in [-0.4, -0.2) is 23.3 Å². The van der Waals surface area contributed by atoms with Crippen molar-refractivity contribution in [2.75, 3.05) is 19.0 Å². The standard InChI is InChI=1S/C15H20BrN3O/c1-11-5-6-13(9-14(11)16)18-15-17-12(2)10-19(15)7-4-8-20-3/h5-6,9-10H,4,7-8H2,1-3H3,(H,17,18). The van der Waals surface area contributed by atoms with Crippen LogP contribution in [0.15, 0.2) is 28.9 Å². The third-order valence-electron chi connectivity index (χ3n) is 3.07. The quantitative estimate of drug-likeness (QED) is 0.808. The van der Waals surface area contributed by atoms with Gasteiger partial charge in [0, 0.05) is 36.6 Å². The van der Waals surface area contributed by atoms with E-state index in [0.29, 0.717) is 0 Å². The lowest BCUT2D eigenvalue weighted by Gasteiger charge is -2.10. The molecule has 0 saturated carbocycles. The van der Waals surface area contributed by atoms with Gasteiger partial charge in [0.25, 0.3) is 0 Å². The fraction of sp³-hybridized carbons (Fsp3) is 0.400.